The van der Waals surface area contributed by atoms with Crippen LogP contribution < -0.4 is 0 Å². The lowest BCUT2D eigenvalue weighted by molar-refractivity contribution is -0.434. The molecule has 4 saturated carbocycles. The van der Waals surface area contributed by atoms with E-state index in [4.69, 9.17) is 5.26 Å². The lowest BCUT2D eigenvalue weighted by Gasteiger charge is -2.59. The zero-order chi connectivity index (χ0) is 21.0. The van der Waals surface area contributed by atoms with Crippen molar-refractivity contribution in [2.75, 3.05) is 6.61 Å². The van der Waals surface area contributed by atoms with Gasteiger partial charge in [0.05, 0.1) is 24.3 Å². The van der Waals surface area contributed by atoms with Crippen LogP contribution in [0.3, 0.4) is 0 Å². The van der Waals surface area contributed by atoms with Crippen molar-refractivity contribution in [2.45, 2.75) is 61.2 Å². The maximum Gasteiger partial charge on any atom is 0.425 e. The predicted octanol–water partition coefficient (Wildman–Crippen LogP) is 3.79. The molecule has 162 valence electrons. The first-order valence-corrected chi connectivity index (χ1v) is 9.19. The number of rotatable bonds is 6. The molecule has 0 aromatic carbocycles. The highest BCUT2D eigenvalue weighted by Crippen LogP contribution is 2.62. The van der Waals surface area contributed by atoms with E-state index in [9.17, 15) is 36.2 Å². The van der Waals surface area contributed by atoms with Crippen molar-refractivity contribution >= 4 is 18.0 Å². The molecule has 0 heterocycles. The Kier molecular flexibility index (Phi) is 5.40. The summed E-state index contributed by atoms with van der Waals surface area (Å²) in [4.78, 5) is 12.1. The van der Waals surface area contributed by atoms with Gasteiger partial charge in [0, 0.05) is 5.41 Å². The Balaban J connectivity index is 1.81. The highest BCUT2D eigenvalue weighted by atomic mass is 32.2. The zero-order valence-corrected chi connectivity index (χ0v) is 15.1. The Morgan fingerprint density at radius 2 is 1.57 bits per heavy atom. The molecule has 0 amide bonds. The van der Waals surface area contributed by atoms with Gasteiger partial charge in [0.25, 0.3) is 0 Å². The van der Waals surface area contributed by atoms with Gasteiger partial charge in [0.1, 0.15) is 0 Å². The Bertz CT molecular complexity index is 595. The van der Waals surface area contributed by atoms with Crippen molar-refractivity contribution in [3.63, 3.8) is 0 Å². The summed E-state index contributed by atoms with van der Waals surface area (Å²) in [5.41, 5.74) is -1.87. The third-order valence-corrected chi connectivity index (χ3v) is 6.94. The molecule has 4 fully saturated rings. The van der Waals surface area contributed by atoms with Gasteiger partial charge in [-0.2, -0.15) is 26.3 Å². The first-order chi connectivity index (χ1) is 12.8. The minimum Gasteiger partial charge on any atom is -0.463 e. The van der Waals surface area contributed by atoms with Gasteiger partial charge >= 0.3 is 23.1 Å². The molecule has 2 atom stereocenters. The van der Waals surface area contributed by atoms with Crippen molar-refractivity contribution in [2.24, 2.45) is 17.3 Å². The summed E-state index contributed by atoms with van der Waals surface area (Å²) >= 11 is -1.44. The Labute approximate surface area is 159 Å². The second-order valence-corrected chi connectivity index (χ2v) is 9.08. The number of alkyl halides is 6. The molecule has 2 N–H and O–H groups in total. The van der Waals surface area contributed by atoms with Crippen LogP contribution in [0.15, 0.2) is 0 Å². The first-order valence-electron chi connectivity index (χ1n) is 8.45. The minimum atomic E-state index is -6.15. The predicted molar refractivity (Wildman–Crippen MR) is 80.3 cm³/mol. The molecule has 4 aliphatic carbocycles. The monoisotopic (exact) mass is 440 g/mol. The van der Waals surface area contributed by atoms with Gasteiger partial charge in [-0.1, -0.05) is 5.04 Å². The van der Waals surface area contributed by atoms with Gasteiger partial charge in [0.2, 0.25) is 0 Å². The summed E-state index contributed by atoms with van der Waals surface area (Å²) in [6, 6.07) is 0. The molecular weight excluding hydrogens is 422 g/mol. The first kappa shape index (κ1) is 21.9. The van der Waals surface area contributed by atoms with E-state index in [0.29, 0.717) is 25.7 Å². The number of carbonyl (C=O) groups is 1. The molecule has 28 heavy (non-hydrogen) atoms. The summed E-state index contributed by atoms with van der Waals surface area (Å²) in [5, 5.41) is 21.4. The molecule has 0 aromatic rings. The van der Waals surface area contributed by atoms with E-state index in [1.807, 2.05) is 0 Å². The molecule has 4 aliphatic rings. The van der Waals surface area contributed by atoms with E-state index >= 15 is 0 Å². The Morgan fingerprint density at radius 3 is 2.00 bits per heavy atom. The second kappa shape index (κ2) is 6.89. The van der Waals surface area contributed by atoms with Gasteiger partial charge in [-0.05, 0) is 50.4 Å². The molecule has 0 radical (unpaired) electrons. The lowest BCUT2D eigenvalue weighted by Crippen LogP contribution is -2.62. The topological polar surface area (TPSA) is 85.2 Å². The number of carbonyl (C=O) groups excluding carboxylic acids is 1. The quantitative estimate of drug-likeness (QED) is 0.214. The number of hydrogen-bond acceptors (Lipinski definition) is 7. The molecule has 0 aromatic heterocycles. The van der Waals surface area contributed by atoms with Crippen LogP contribution in [0.1, 0.15) is 38.5 Å². The van der Waals surface area contributed by atoms with E-state index in [-0.39, 0.29) is 18.3 Å². The number of halogens is 6. The third-order valence-electron chi connectivity index (χ3n) is 5.94. The van der Waals surface area contributed by atoms with Crippen molar-refractivity contribution in [1.29, 1.82) is 0 Å². The fraction of sp³-hybridized carbons (Fsp3) is 0.933. The van der Waals surface area contributed by atoms with Gasteiger partial charge in [-0.15, -0.1) is 4.33 Å². The minimum absolute atomic E-state index is 0.0976. The zero-order valence-electron chi connectivity index (χ0n) is 14.3. The van der Waals surface area contributed by atoms with Gasteiger partial charge < -0.3 is 9.84 Å². The van der Waals surface area contributed by atoms with Crippen LogP contribution in [0.4, 0.5) is 26.3 Å². The summed E-state index contributed by atoms with van der Waals surface area (Å²) in [6.45, 7) is -0.671. The second-order valence-electron chi connectivity index (χ2n) is 8.16. The maximum atomic E-state index is 13.3. The van der Waals surface area contributed by atoms with Crippen molar-refractivity contribution in [1.82, 2.24) is 0 Å². The molecule has 4 bridgehead atoms. The molecular formula is C15H18F6O6S. The van der Waals surface area contributed by atoms with E-state index < -0.39 is 52.7 Å². The van der Waals surface area contributed by atoms with Crippen LogP contribution in [0.25, 0.3) is 0 Å². The molecule has 0 spiro atoms. The van der Waals surface area contributed by atoms with Gasteiger partial charge in [-0.3, -0.25) is 0 Å². The highest BCUT2D eigenvalue weighted by Gasteiger charge is 2.79. The molecule has 2 unspecified atom stereocenters. The van der Waals surface area contributed by atoms with E-state index in [1.165, 1.54) is 0 Å². The lowest BCUT2D eigenvalue weighted by atomic mass is 9.48. The van der Waals surface area contributed by atoms with Crippen LogP contribution in [-0.4, -0.2) is 45.6 Å². The van der Waals surface area contributed by atoms with Crippen LogP contribution in [0.2, 0.25) is 0 Å². The summed E-state index contributed by atoms with van der Waals surface area (Å²) in [5.74, 6) is -2.42. The molecule has 6 nitrogen and oxygen atoms in total. The van der Waals surface area contributed by atoms with Gasteiger partial charge in [0.15, 0.2) is 0 Å². The van der Waals surface area contributed by atoms with Crippen LogP contribution >= 0.6 is 12.0 Å². The Hall–Kier alpha value is -0.760. The fourth-order valence-corrected chi connectivity index (χ4v) is 5.93. The molecule has 4 rings (SSSR count). The van der Waals surface area contributed by atoms with Crippen LogP contribution in [-0.2, 0) is 18.9 Å². The number of hydrogen-bond donors (Lipinski definition) is 2. The van der Waals surface area contributed by atoms with Crippen molar-refractivity contribution < 1.29 is 55.6 Å². The highest BCUT2D eigenvalue weighted by molar-refractivity contribution is 7.96. The average Bonchev–Trinajstić information content (AvgIpc) is 2.48. The molecule has 0 saturated heterocycles. The standard InChI is InChI=1S/C15H18F6O6S/c16-14(17,18)13(15(19,20)21,28-27-26-24)10(22)25-7-11-2-8-1-9(3-11)5-12(23,4-8)6-11/h8-9,23-24H,1-7H2. The largest absolute Gasteiger partial charge is 0.463 e. The SMILES string of the molecule is O=C(OCC12CC3CC(CC(O)(C3)C1)C2)C(SOOO)(C(F)(F)F)C(F)(F)F. The molecule has 0 aliphatic heterocycles. The van der Waals surface area contributed by atoms with Crippen molar-refractivity contribution in [3.8, 4) is 0 Å². The summed E-state index contributed by atoms with van der Waals surface area (Å²) in [7, 11) is 0. The van der Waals surface area contributed by atoms with Gasteiger partial charge in [-0.25, -0.2) is 10.1 Å². The Morgan fingerprint density at radius 1 is 1.04 bits per heavy atom. The molecule has 13 heteroatoms. The number of aliphatic hydroxyl groups is 1. The number of ether oxygens (including phenoxy) is 1. The summed E-state index contributed by atoms with van der Waals surface area (Å²) < 4.78 is 82.6. The average molecular weight is 440 g/mol. The van der Waals surface area contributed by atoms with Crippen LogP contribution in [0.5, 0.6) is 0 Å². The normalized spacial score (nSPS) is 35.3. The van der Waals surface area contributed by atoms with E-state index in [1.54, 1.807) is 0 Å². The van der Waals surface area contributed by atoms with E-state index in [2.05, 4.69) is 14.1 Å². The third kappa shape index (κ3) is 3.59. The van der Waals surface area contributed by atoms with E-state index in [0.717, 1.165) is 6.42 Å². The number of esters is 1. The van der Waals surface area contributed by atoms with Crippen molar-refractivity contribution in [3.05, 3.63) is 0 Å². The van der Waals surface area contributed by atoms with Crippen LogP contribution in [0, 0.1) is 17.3 Å². The fourth-order valence-electron chi connectivity index (χ4n) is 5.48. The maximum absolute atomic E-state index is 13.3. The smallest absolute Gasteiger partial charge is 0.425 e. The summed E-state index contributed by atoms with van der Waals surface area (Å²) in [6.07, 6.45) is -9.30.